The van der Waals surface area contributed by atoms with Crippen LogP contribution >= 0.6 is 19.2 Å². The van der Waals surface area contributed by atoms with Gasteiger partial charge in [0.1, 0.15) is 5.75 Å². The second kappa shape index (κ2) is 3.80. The van der Waals surface area contributed by atoms with Crippen molar-refractivity contribution in [3.63, 3.8) is 0 Å². The molecule has 0 radical (unpaired) electrons. The van der Waals surface area contributed by atoms with Gasteiger partial charge >= 0.3 is 0 Å². The van der Waals surface area contributed by atoms with Gasteiger partial charge in [0.15, 0.2) is 0 Å². The van der Waals surface area contributed by atoms with Crippen LogP contribution in [-0.2, 0) is 0 Å². The average Bonchev–Trinajstić information content (AvgIpc) is 2.05. The van der Waals surface area contributed by atoms with Gasteiger partial charge in [0.25, 0.3) is 0 Å². The van der Waals surface area contributed by atoms with E-state index in [0.717, 1.165) is 11.1 Å². The lowest BCUT2D eigenvalue weighted by Crippen LogP contribution is -1.90. The second-order valence-corrected chi connectivity index (χ2v) is 3.16. The van der Waals surface area contributed by atoms with Crippen LogP contribution in [0.5, 0.6) is 5.75 Å². The van der Waals surface area contributed by atoms with E-state index in [1.165, 1.54) is 0 Å². The summed E-state index contributed by atoms with van der Waals surface area (Å²) in [5, 5.41) is 1.14. The molecule has 1 aromatic rings. The molecule has 0 fully saturated rings. The van der Waals surface area contributed by atoms with E-state index in [-0.39, 0.29) is 0 Å². The predicted molar refractivity (Wildman–Crippen MR) is 46.8 cm³/mol. The minimum Gasteiger partial charge on any atom is -0.497 e. The molecule has 0 amide bonds. The Labute approximate surface area is 66.9 Å². The van der Waals surface area contributed by atoms with Gasteiger partial charge in [-0.25, -0.2) is 0 Å². The van der Waals surface area contributed by atoms with Crippen molar-refractivity contribution in [2.45, 2.75) is 0 Å². The van der Waals surface area contributed by atoms with Crippen LogP contribution in [0.25, 0.3) is 0 Å². The highest BCUT2D eigenvalue weighted by Crippen LogP contribution is 2.17. The summed E-state index contributed by atoms with van der Waals surface area (Å²) in [5.41, 5.74) is 0. The fraction of sp³-hybridized carbons (Fsp3) is 0.143. The van der Waals surface area contributed by atoms with E-state index < -0.39 is 0 Å². The molecular formula is C7H8ClOP. The van der Waals surface area contributed by atoms with Crippen molar-refractivity contribution in [2.75, 3.05) is 7.11 Å². The fourth-order valence-corrected chi connectivity index (χ4v) is 1.32. The first-order valence-electron chi connectivity index (χ1n) is 2.87. The second-order valence-electron chi connectivity index (χ2n) is 1.82. The molecule has 0 aromatic heterocycles. The maximum atomic E-state index is 5.61. The van der Waals surface area contributed by atoms with E-state index in [1.807, 2.05) is 24.3 Å². The number of hydrogen-bond donors (Lipinski definition) is 0. The Morgan fingerprint density at radius 3 is 2.30 bits per heavy atom. The maximum absolute atomic E-state index is 5.61. The van der Waals surface area contributed by atoms with Gasteiger partial charge in [0, 0.05) is 7.93 Å². The molecule has 1 aromatic carbocycles. The lowest BCUT2D eigenvalue weighted by atomic mass is 10.3. The minimum absolute atomic E-state index is 0.344. The lowest BCUT2D eigenvalue weighted by molar-refractivity contribution is 0.415. The normalized spacial score (nSPS) is 10.6. The van der Waals surface area contributed by atoms with Gasteiger partial charge in [0.05, 0.1) is 7.11 Å². The molecule has 0 spiro atoms. The van der Waals surface area contributed by atoms with Crippen LogP contribution in [0.1, 0.15) is 0 Å². The quantitative estimate of drug-likeness (QED) is 0.625. The Morgan fingerprint density at radius 2 is 1.90 bits per heavy atom. The zero-order valence-electron chi connectivity index (χ0n) is 5.60. The Balaban J connectivity index is 2.80. The number of ether oxygens (including phenoxy) is 1. The first kappa shape index (κ1) is 7.84. The molecule has 0 aliphatic rings. The third-order valence-electron chi connectivity index (χ3n) is 1.20. The van der Waals surface area contributed by atoms with E-state index in [2.05, 4.69) is 0 Å². The van der Waals surface area contributed by atoms with Crippen LogP contribution < -0.4 is 10.0 Å². The summed E-state index contributed by atoms with van der Waals surface area (Å²) in [6.45, 7) is 0. The van der Waals surface area contributed by atoms with Gasteiger partial charge in [-0.3, -0.25) is 0 Å². The SMILES string of the molecule is COc1ccc(PCl)cc1. The van der Waals surface area contributed by atoms with Gasteiger partial charge in [-0.05, 0) is 29.6 Å². The summed E-state index contributed by atoms with van der Waals surface area (Å²) >= 11 is 5.61. The highest BCUT2D eigenvalue weighted by Gasteiger charge is 1.90. The molecule has 0 saturated carbocycles. The average molecular weight is 175 g/mol. The number of rotatable bonds is 2. The molecule has 0 bridgehead atoms. The standard InChI is InChI=1S/C7H8ClOP/c1-9-6-2-4-7(10-8)5-3-6/h2-5,10H,1H3. The summed E-state index contributed by atoms with van der Waals surface area (Å²) < 4.78 is 4.97. The van der Waals surface area contributed by atoms with Crippen LogP contribution in [0.15, 0.2) is 24.3 Å². The molecule has 3 heteroatoms. The molecule has 0 aliphatic heterocycles. The van der Waals surface area contributed by atoms with E-state index >= 15 is 0 Å². The molecule has 0 heterocycles. The molecule has 1 atom stereocenters. The third-order valence-corrected chi connectivity index (χ3v) is 2.41. The number of methoxy groups -OCH3 is 1. The Kier molecular flexibility index (Phi) is 2.98. The topological polar surface area (TPSA) is 9.23 Å². The maximum Gasteiger partial charge on any atom is 0.118 e. The predicted octanol–water partition coefficient (Wildman–Crippen LogP) is 2.15. The van der Waals surface area contributed by atoms with E-state index in [9.17, 15) is 0 Å². The molecule has 1 nitrogen and oxygen atoms in total. The van der Waals surface area contributed by atoms with Gasteiger partial charge in [-0.15, -0.1) is 0 Å². The monoisotopic (exact) mass is 174 g/mol. The van der Waals surface area contributed by atoms with Crippen molar-refractivity contribution in [1.29, 1.82) is 0 Å². The van der Waals surface area contributed by atoms with Crippen LogP contribution in [0.3, 0.4) is 0 Å². The molecular weight excluding hydrogens is 167 g/mol. The minimum atomic E-state index is 0.344. The number of hydrogen-bond acceptors (Lipinski definition) is 1. The number of benzene rings is 1. The molecule has 1 unspecified atom stereocenters. The van der Waals surface area contributed by atoms with Crippen LogP contribution in [0, 0.1) is 0 Å². The molecule has 0 aliphatic carbocycles. The summed E-state index contributed by atoms with van der Waals surface area (Å²) in [4.78, 5) is 0. The highest BCUT2D eigenvalue weighted by molar-refractivity contribution is 7.74. The summed E-state index contributed by atoms with van der Waals surface area (Å²) in [6.07, 6.45) is 0. The molecule has 10 heavy (non-hydrogen) atoms. The summed E-state index contributed by atoms with van der Waals surface area (Å²) in [7, 11) is 2.00. The highest BCUT2D eigenvalue weighted by atomic mass is 35.7. The van der Waals surface area contributed by atoms with Crippen LogP contribution in [-0.4, -0.2) is 7.11 Å². The van der Waals surface area contributed by atoms with Crippen molar-refractivity contribution in [3.8, 4) is 5.75 Å². The lowest BCUT2D eigenvalue weighted by Gasteiger charge is -1.98. The third kappa shape index (κ3) is 1.86. The zero-order chi connectivity index (χ0) is 7.40. The first-order chi connectivity index (χ1) is 4.86. The van der Waals surface area contributed by atoms with Crippen molar-refractivity contribution >= 4 is 24.5 Å². The van der Waals surface area contributed by atoms with Gasteiger partial charge in [-0.2, -0.15) is 0 Å². The van der Waals surface area contributed by atoms with Gasteiger partial charge in [-0.1, -0.05) is 11.2 Å². The largest absolute Gasteiger partial charge is 0.497 e. The van der Waals surface area contributed by atoms with Crippen LogP contribution in [0.4, 0.5) is 0 Å². The van der Waals surface area contributed by atoms with E-state index in [0.29, 0.717) is 7.93 Å². The summed E-state index contributed by atoms with van der Waals surface area (Å²) in [6, 6.07) is 7.74. The van der Waals surface area contributed by atoms with Crippen LogP contribution in [0.2, 0.25) is 0 Å². The molecule has 1 rings (SSSR count). The molecule has 0 N–H and O–H groups in total. The Bertz CT molecular complexity index is 174. The zero-order valence-corrected chi connectivity index (χ0v) is 7.35. The summed E-state index contributed by atoms with van der Waals surface area (Å²) in [5.74, 6) is 0.874. The van der Waals surface area contributed by atoms with Crippen molar-refractivity contribution in [1.82, 2.24) is 0 Å². The fourth-order valence-electron chi connectivity index (χ4n) is 0.654. The first-order valence-corrected chi connectivity index (χ1v) is 4.88. The molecule has 54 valence electrons. The van der Waals surface area contributed by atoms with Gasteiger partial charge in [0.2, 0.25) is 0 Å². The van der Waals surface area contributed by atoms with E-state index in [4.69, 9.17) is 16.0 Å². The molecule has 0 saturated heterocycles. The van der Waals surface area contributed by atoms with E-state index in [1.54, 1.807) is 7.11 Å². The van der Waals surface area contributed by atoms with Crippen molar-refractivity contribution < 1.29 is 4.74 Å². The van der Waals surface area contributed by atoms with Crippen molar-refractivity contribution in [2.24, 2.45) is 0 Å². The van der Waals surface area contributed by atoms with Crippen molar-refractivity contribution in [3.05, 3.63) is 24.3 Å². The number of halogens is 1. The van der Waals surface area contributed by atoms with Gasteiger partial charge < -0.3 is 4.74 Å². The Morgan fingerprint density at radius 1 is 1.30 bits per heavy atom. The Hall–Kier alpha value is -0.260. The smallest absolute Gasteiger partial charge is 0.118 e.